The van der Waals surface area contributed by atoms with Crippen molar-refractivity contribution in [2.75, 3.05) is 7.11 Å². The normalized spacial score (nSPS) is 31.2. The fourth-order valence-electron chi connectivity index (χ4n) is 5.86. The Bertz CT molecular complexity index is 1160. The second kappa shape index (κ2) is 7.97. The smallest absolute Gasteiger partial charge is 0.254 e. The molecule has 0 spiro atoms. The maximum Gasteiger partial charge on any atom is 0.254 e. The summed E-state index contributed by atoms with van der Waals surface area (Å²) in [4.78, 5) is 26.2. The third-order valence-corrected chi connectivity index (χ3v) is 8.24. The van der Waals surface area contributed by atoms with E-state index in [0.717, 1.165) is 26.1 Å². The van der Waals surface area contributed by atoms with Gasteiger partial charge < -0.3 is 9.47 Å². The molecule has 1 aliphatic heterocycles. The number of hydrazone groups is 1. The maximum absolute atomic E-state index is 13.1. The highest BCUT2D eigenvalue weighted by Crippen LogP contribution is 2.65. The quantitative estimate of drug-likeness (QED) is 0.232. The summed E-state index contributed by atoms with van der Waals surface area (Å²) in [6, 6.07) is 13.7. The number of hydrogen-bond acceptors (Lipinski definition) is 5. The van der Waals surface area contributed by atoms with E-state index in [2.05, 4.69) is 39.8 Å². The number of hydrogen-bond donors (Lipinski definition) is 0. The molecule has 4 aliphatic carbocycles. The molecule has 3 fully saturated rings. The van der Waals surface area contributed by atoms with Gasteiger partial charge in [-0.25, -0.2) is 0 Å². The van der Waals surface area contributed by atoms with Crippen LogP contribution in [0.2, 0.25) is 0 Å². The van der Waals surface area contributed by atoms with Crippen LogP contribution in [0.5, 0.6) is 11.5 Å². The van der Waals surface area contributed by atoms with Crippen molar-refractivity contribution < 1.29 is 19.1 Å². The number of allylic oxidation sites excluding steroid dienone is 2. The van der Waals surface area contributed by atoms with Gasteiger partial charge in [0, 0.05) is 0 Å². The van der Waals surface area contributed by atoms with E-state index in [9.17, 15) is 9.59 Å². The molecular formula is C26H23IN2O4. The van der Waals surface area contributed by atoms with Crippen molar-refractivity contribution in [3.05, 3.63) is 69.3 Å². The molecule has 7 heteroatoms. The van der Waals surface area contributed by atoms with Crippen molar-refractivity contribution in [3.63, 3.8) is 0 Å². The molecule has 0 aromatic heterocycles. The fourth-order valence-corrected chi connectivity index (χ4v) is 6.64. The average molecular weight is 554 g/mol. The summed E-state index contributed by atoms with van der Waals surface area (Å²) in [5.74, 6) is 1.99. The van der Waals surface area contributed by atoms with E-state index in [-0.39, 0.29) is 35.5 Å². The molecule has 6 atom stereocenters. The van der Waals surface area contributed by atoms with Crippen molar-refractivity contribution in [2.45, 2.75) is 13.0 Å². The second-order valence-corrected chi connectivity index (χ2v) is 10.4. The van der Waals surface area contributed by atoms with Gasteiger partial charge in [0.1, 0.15) is 6.61 Å². The minimum Gasteiger partial charge on any atom is -0.493 e. The van der Waals surface area contributed by atoms with Gasteiger partial charge in [-0.3, -0.25) is 9.59 Å². The highest BCUT2D eigenvalue weighted by molar-refractivity contribution is 14.1. The number of ether oxygens (including phenoxy) is 2. The van der Waals surface area contributed by atoms with Crippen molar-refractivity contribution in [1.29, 1.82) is 0 Å². The van der Waals surface area contributed by atoms with Crippen LogP contribution in [0.1, 0.15) is 17.5 Å². The summed E-state index contributed by atoms with van der Waals surface area (Å²) in [5, 5.41) is 5.44. The van der Waals surface area contributed by atoms with Gasteiger partial charge in [-0.15, -0.1) is 0 Å². The maximum atomic E-state index is 13.1. The van der Waals surface area contributed by atoms with E-state index in [1.807, 2.05) is 42.5 Å². The molecule has 2 saturated carbocycles. The molecule has 1 saturated heterocycles. The molecule has 0 radical (unpaired) electrons. The molecule has 0 unspecified atom stereocenters. The number of benzene rings is 2. The van der Waals surface area contributed by atoms with E-state index < -0.39 is 0 Å². The van der Waals surface area contributed by atoms with Crippen molar-refractivity contribution in [2.24, 2.45) is 40.6 Å². The first-order chi connectivity index (χ1) is 16.1. The Morgan fingerprint density at radius 3 is 2.36 bits per heavy atom. The van der Waals surface area contributed by atoms with Gasteiger partial charge in [-0.1, -0.05) is 42.5 Å². The Morgan fingerprint density at radius 2 is 1.73 bits per heavy atom. The zero-order chi connectivity index (χ0) is 22.7. The summed E-state index contributed by atoms with van der Waals surface area (Å²) >= 11 is 2.20. The van der Waals surface area contributed by atoms with Crippen LogP contribution >= 0.6 is 22.6 Å². The SMILES string of the molecule is COc1cc(C=NN2C(=O)[C@@H]3[C@H]4C=C[C@@H]([C@@H]5C[C@@H]45)[C@@H]3C2=O)cc(I)c1OCc1ccccc1. The van der Waals surface area contributed by atoms with Crippen LogP contribution in [0.3, 0.4) is 0 Å². The van der Waals surface area contributed by atoms with Gasteiger partial charge >= 0.3 is 0 Å². The summed E-state index contributed by atoms with van der Waals surface area (Å²) in [6.45, 7) is 0.429. The number of halogens is 1. The monoisotopic (exact) mass is 554 g/mol. The van der Waals surface area contributed by atoms with Crippen LogP contribution in [-0.4, -0.2) is 30.1 Å². The Morgan fingerprint density at radius 1 is 1.06 bits per heavy atom. The van der Waals surface area contributed by atoms with Gasteiger partial charge in [-0.05, 0) is 75.9 Å². The van der Waals surface area contributed by atoms with Crippen molar-refractivity contribution in [3.8, 4) is 11.5 Å². The molecule has 0 N–H and O–H groups in total. The fraction of sp³-hybridized carbons (Fsp3) is 0.346. The lowest BCUT2D eigenvalue weighted by molar-refractivity contribution is -0.140. The molecule has 5 aliphatic rings. The van der Waals surface area contributed by atoms with E-state index in [1.165, 1.54) is 0 Å². The van der Waals surface area contributed by atoms with Gasteiger partial charge in [0.2, 0.25) is 0 Å². The highest BCUT2D eigenvalue weighted by Gasteiger charge is 2.67. The number of methoxy groups -OCH3 is 1. The van der Waals surface area contributed by atoms with Crippen LogP contribution in [0, 0.1) is 39.1 Å². The Labute approximate surface area is 205 Å². The minimum absolute atomic E-state index is 0.157. The van der Waals surface area contributed by atoms with E-state index in [0.29, 0.717) is 29.9 Å². The first-order valence-electron chi connectivity index (χ1n) is 11.2. The lowest BCUT2D eigenvalue weighted by atomic mass is 9.63. The molecule has 2 amide bonds. The first-order valence-corrected chi connectivity index (χ1v) is 12.3. The predicted molar refractivity (Wildman–Crippen MR) is 131 cm³/mol. The van der Waals surface area contributed by atoms with Crippen LogP contribution in [0.4, 0.5) is 0 Å². The predicted octanol–water partition coefficient (Wildman–Crippen LogP) is 4.27. The first kappa shape index (κ1) is 20.9. The number of carbonyl (C=O) groups is 2. The molecule has 2 aromatic carbocycles. The summed E-state index contributed by atoms with van der Waals surface area (Å²) in [6.07, 6.45) is 7.05. The molecular weight excluding hydrogens is 531 g/mol. The minimum atomic E-state index is -0.239. The zero-order valence-corrected chi connectivity index (χ0v) is 20.2. The largest absolute Gasteiger partial charge is 0.493 e. The van der Waals surface area contributed by atoms with Gasteiger partial charge in [0.15, 0.2) is 11.5 Å². The topological polar surface area (TPSA) is 68.2 Å². The number of rotatable bonds is 6. The Balaban J connectivity index is 1.21. The third kappa shape index (κ3) is 3.39. The van der Waals surface area contributed by atoms with Crippen molar-refractivity contribution in [1.82, 2.24) is 5.01 Å². The molecule has 2 aromatic rings. The lowest BCUT2D eigenvalue weighted by Gasteiger charge is -2.37. The number of nitrogens with zero attached hydrogens (tertiary/aromatic N) is 2. The second-order valence-electron chi connectivity index (χ2n) is 9.20. The van der Waals surface area contributed by atoms with Crippen LogP contribution in [0.15, 0.2) is 59.7 Å². The zero-order valence-electron chi connectivity index (χ0n) is 18.1. The van der Waals surface area contributed by atoms with Gasteiger partial charge in [-0.2, -0.15) is 10.1 Å². The molecule has 168 valence electrons. The standard InChI is InChI=1S/C26H23IN2O4/c1-32-21-10-15(9-20(27)24(21)33-13-14-5-3-2-4-6-14)12-28-29-25(30)22-16-7-8-17(19-11-18(16)19)23(22)26(29)31/h2-10,12,16-19,22-23H,11,13H2,1H3/t16-,17-,18-,19-,22-,23+/m0/s1. The number of amides is 2. The van der Waals surface area contributed by atoms with Crippen molar-refractivity contribution >= 4 is 40.6 Å². The molecule has 2 bridgehead atoms. The average Bonchev–Trinajstić information content (AvgIpc) is 3.61. The Kier molecular flexibility index (Phi) is 5.05. The van der Waals surface area contributed by atoms with Crippen LogP contribution in [-0.2, 0) is 16.2 Å². The van der Waals surface area contributed by atoms with E-state index in [1.54, 1.807) is 13.3 Å². The summed E-state index contributed by atoms with van der Waals surface area (Å²) in [7, 11) is 1.59. The number of carbonyl (C=O) groups excluding carboxylic acids is 2. The van der Waals surface area contributed by atoms with Gasteiger partial charge in [0.25, 0.3) is 11.8 Å². The van der Waals surface area contributed by atoms with E-state index >= 15 is 0 Å². The van der Waals surface area contributed by atoms with Gasteiger partial charge in [0.05, 0.1) is 28.7 Å². The summed E-state index contributed by atoms with van der Waals surface area (Å²) < 4.78 is 12.4. The van der Waals surface area contributed by atoms with Crippen LogP contribution in [0.25, 0.3) is 0 Å². The number of imide groups is 1. The Hall–Kier alpha value is -2.68. The molecule has 6 nitrogen and oxygen atoms in total. The molecule has 7 rings (SSSR count). The van der Waals surface area contributed by atoms with Crippen LogP contribution < -0.4 is 9.47 Å². The molecule has 1 heterocycles. The summed E-state index contributed by atoms with van der Waals surface area (Å²) in [5.41, 5.74) is 1.80. The highest BCUT2D eigenvalue weighted by atomic mass is 127. The molecule has 33 heavy (non-hydrogen) atoms. The lowest BCUT2D eigenvalue weighted by Crippen LogP contribution is -2.40. The third-order valence-electron chi connectivity index (χ3n) is 7.44. The van der Waals surface area contributed by atoms with E-state index in [4.69, 9.17) is 9.47 Å².